The first-order valence-corrected chi connectivity index (χ1v) is 19.8. The molecule has 2 aromatic heterocycles. The molecule has 1 unspecified atom stereocenters. The van der Waals surface area contributed by atoms with Gasteiger partial charge in [-0.25, -0.2) is 0 Å². The summed E-state index contributed by atoms with van der Waals surface area (Å²) >= 11 is 0. The van der Waals surface area contributed by atoms with Gasteiger partial charge < -0.3 is 18.7 Å². The van der Waals surface area contributed by atoms with Gasteiger partial charge in [-0.1, -0.05) is 60.7 Å². The van der Waals surface area contributed by atoms with Crippen molar-refractivity contribution in [2.24, 2.45) is 5.92 Å². The Morgan fingerprint density at radius 1 is 1.00 bits per heavy atom. The standard InChI is InChI=1S/C38H40FN5O5Si/c1-25-35(50(3,4)39)33(19-21-42-23-31(40-41-42)29(24-45)26-12-7-5-8-13-26)49-38(25)30-22-28(43-20-11-16-34(48-2)36(43)46)17-18-32(30)44(37(38)47)27-14-9-6-10-15-27/h5-18,20,22-23,25,29,33,35,45H,19,21,24H2,1-4H3/t25-,29?,33+,35-,38+/m1/s1. The largest absolute Gasteiger partial charge is 0.491 e. The molecule has 0 saturated carbocycles. The van der Waals surface area contributed by atoms with Crippen molar-refractivity contribution in [2.45, 2.75) is 56.1 Å². The van der Waals surface area contributed by atoms with Crippen LogP contribution in [0.1, 0.15) is 36.1 Å². The van der Waals surface area contributed by atoms with Crippen LogP contribution in [-0.4, -0.2) is 58.8 Å². The highest BCUT2D eigenvalue weighted by atomic mass is 28.4. The van der Waals surface area contributed by atoms with E-state index in [1.807, 2.05) is 79.7 Å². The molecule has 2 aliphatic heterocycles. The van der Waals surface area contributed by atoms with Crippen molar-refractivity contribution >= 4 is 25.7 Å². The molecule has 0 radical (unpaired) electrons. The van der Waals surface area contributed by atoms with E-state index in [9.17, 15) is 14.7 Å². The molecule has 5 aromatic rings. The quantitative estimate of drug-likeness (QED) is 0.139. The third kappa shape index (κ3) is 5.57. The Hall–Kier alpha value is -4.91. The van der Waals surface area contributed by atoms with Crippen LogP contribution < -0.4 is 15.2 Å². The maximum absolute atomic E-state index is 16.5. The number of benzene rings is 3. The smallest absolute Gasteiger partial charge is 0.297 e. The van der Waals surface area contributed by atoms with Crippen LogP contribution in [-0.2, 0) is 21.7 Å². The molecule has 0 bridgehead atoms. The van der Waals surface area contributed by atoms with Crippen LogP contribution in [0.15, 0.2) is 108 Å². The maximum Gasteiger partial charge on any atom is 0.297 e. The number of aliphatic hydroxyl groups is 1. The van der Waals surface area contributed by atoms with Gasteiger partial charge in [-0.15, -0.1) is 5.10 Å². The van der Waals surface area contributed by atoms with Gasteiger partial charge in [0.25, 0.3) is 11.5 Å². The van der Waals surface area contributed by atoms with Gasteiger partial charge in [0, 0.05) is 47.3 Å². The number of fused-ring (bicyclic) bond motifs is 2. The lowest BCUT2D eigenvalue weighted by molar-refractivity contribution is -0.145. The fourth-order valence-electron chi connectivity index (χ4n) is 7.94. The van der Waals surface area contributed by atoms with E-state index in [2.05, 4.69) is 10.3 Å². The van der Waals surface area contributed by atoms with Gasteiger partial charge in [0.2, 0.25) is 8.41 Å². The average Bonchev–Trinajstić information content (AvgIpc) is 3.78. The summed E-state index contributed by atoms with van der Waals surface area (Å²) in [6.45, 7) is 5.51. The summed E-state index contributed by atoms with van der Waals surface area (Å²) in [5.74, 6) is -0.960. The summed E-state index contributed by atoms with van der Waals surface area (Å²) in [5.41, 5.74) is 1.61. The second-order valence-corrected chi connectivity index (χ2v) is 17.3. The summed E-state index contributed by atoms with van der Waals surface area (Å²) in [5, 5.41) is 18.9. The number of hydrogen-bond donors (Lipinski definition) is 1. The van der Waals surface area contributed by atoms with Gasteiger partial charge in [-0.2, -0.15) is 0 Å². The Bertz CT molecular complexity index is 2070. The van der Waals surface area contributed by atoms with Crippen molar-refractivity contribution < 1.29 is 23.5 Å². The normalized spacial score (nSPS) is 22.2. The second kappa shape index (κ2) is 13.1. The number of carbonyl (C=O) groups is 1. The highest BCUT2D eigenvalue weighted by molar-refractivity contribution is 6.72. The number of methoxy groups -OCH3 is 1. The zero-order valence-electron chi connectivity index (χ0n) is 28.4. The van der Waals surface area contributed by atoms with Crippen molar-refractivity contribution in [3.63, 3.8) is 0 Å². The Balaban J connectivity index is 1.28. The number of pyridine rings is 1. The molecule has 0 aliphatic carbocycles. The zero-order valence-corrected chi connectivity index (χ0v) is 29.4. The summed E-state index contributed by atoms with van der Waals surface area (Å²) in [6, 6.07) is 27.7. The van der Waals surface area contributed by atoms with Crippen LogP contribution in [0.5, 0.6) is 5.75 Å². The number of hydrogen-bond acceptors (Lipinski definition) is 7. The second-order valence-electron chi connectivity index (χ2n) is 13.5. The summed E-state index contributed by atoms with van der Waals surface area (Å²) in [7, 11) is -2.00. The fourth-order valence-corrected chi connectivity index (χ4v) is 10.5. The van der Waals surface area contributed by atoms with Gasteiger partial charge in [0.1, 0.15) is 0 Å². The molecule has 7 rings (SSSR count). The van der Waals surface area contributed by atoms with Gasteiger partial charge >= 0.3 is 0 Å². The minimum atomic E-state index is -3.44. The predicted octanol–water partition coefficient (Wildman–Crippen LogP) is 6.11. The Kier molecular flexibility index (Phi) is 8.79. The van der Waals surface area contributed by atoms with Crippen molar-refractivity contribution in [3.8, 4) is 11.4 Å². The molecule has 2 aliphatic rings. The molecule has 1 amide bonds. The molecule has 10 nitrogen and oxygen atoms in total. The van der Waals surface area contributed by atoms with E-state index in [4.69, 9.17) is 9.47 Å². The summed E-state index contributed by atoms with van der Waals surface area (Å²) in [4.78, 5) is 29.8. The zero-order chi connectivity index (χ0) is 35.2. The number of ether oxygens (including phenoxy) is 2. The van der Waals surface area contributed by atoms with Crippen molar-refractivity contribution in [3.05, 3.63) is 131 Å². The Labute approximate surface area is 290 Å². The lowest BCUT2D eigenvalue weighted by atomic mass is 9.82. The first kappa shape index (κ1) is 33.6. The highest BCUT2D eigenvalue weighted by Gasteiger charge is 2.67. The van der Waals surface area contributed by atoms with Crippen molar-refractivity contribution in [1.82, 2.24) is 19.6 Å². The van der Waals surface area contributed by atoms with E-state index >= 15 is 4.11 Å². The van der Waals surface area contributed by atoms with E-state index < -0.39 is 31.6 Å². The molecule has 12 heteroatoms. The number of carbonyl (C=O) groups excluding carboxylic acids is 1. The molecule has 5 atom stereocenters. The number of para-hydroxylation sites is 1. The molecule has 1 spiro atoms. The van der Waals surface area contributed by atoms with Crippen molar-refractivity contribution in [2.75, 3.05) is 18.6 Å². The van der Waals surface area contributed by atoms with Crippen LogP contribution in [0.25, 0.3) is 5.69 Å². The number of aliphatic hydroxyl groups excluding tert-OH is 1. The Morgan fingerprint density at radius 2 is 1.72 bits per heavy atom. The van der Waals surface area contributed by atoms with Crippen LogP contribution in [0.3, 0.4) is 0 Å². The molecule has 1 saturated heterocycles. The third-order valence-electron chi connectivity index (χ3n) is 10.2. The number of aryl methyl sites for hydroxylation is 1. The number of nitrogens with zero attached hydrogens (tertiary/aromatic N) is 5. The molecule has 258 valence electrons. The topological polar surface area (TPSA) is 112 Å². The fraction of sp³-hybridized carbons (Fsp3) is 0.316. The molecular formula is C38H40FN5O5Si. The molecule has 4 heterocycles. The van der Waals surface area contributed by atoms with Gasteiger partial charge in [-0.3, -0.25) is 23.7 Å². The van der Waals surface area contributed by atoms with E-state index in [0.29, 0.717) is 41.3 Å². The number of aromatic nitrogens is 4. The van der Waals surface area contributed by atoms with E-state index in [1.165, 1.54) is 11.7 Å². The van der Waals surface area contributed by atoms with Crippen LogP contribution >= 0.6 is 0 Å². The highest BCUT2D eigenvalue weighted by Crippen LogP contribution is 2.61. The third-order valence-corrected chi connectivity index (χ3v) is 12.7. The minimum Gasteiger partial charge on any atom is -0.491 e. The lowest BCUT2D eigenvalue weighted by Gasteiger charge is -2.31. The Morgan fingerprint density at radius 3 is 2.40 bits per heavy atom. The van der Waals surface area contributed by atoms with Crippen LogP contribution in [0.4, 0.5) is 15.5 Å². The summed E-state index contributed by atoms with van der Waals surface area (Å²) in [6.07, 6.45) is 3.24. The SMILES string of the molecule is COc1cccn(-c2ccc3c(c2)[C@]2(O[C@@H](CCn4cc(C(CO)c5ccccc5)nn4)[C@H]([Si](C)(C)F)[C@H]2C)C(=O)N3c2ccccc2)c1=O. The molecular weight excluding hydrogens is 654 g/mol. The number of rotatable bonds is 10. The van der Waals surface area contributed by atoms with E-state index in [1.54, 1.807) is 53.3 Å². The summed E-state index contributed by atoms with van der Waals surface area (Å²) < 4.78 is 32.0. The first-order chi connectivity index (χ1) is 24.1. The first-order valence-electron chi connectivity index (χ1n) is 16.8. The monoisotopic (exact) mass is 693 g/mol. The maximum atomic E-state index is 16.5. The number of amides is 1. The van der Waals surface area contributed by atoms with Crippen molar-refractivity contribution in [1.29, 1.82) is 0 Å². The lowest BCUT2D eigenvalue weighted by Crippen LogP contribution is -2.44. The number of halogens is 1. The van der Waals surface area contributed by atoms with Gasteiger partial charge in [-0.05, 0) is 67.5 Å². The van der Waals surface area contributed by atoms with Gasteiger partial charge in [0.05, 0.1) is 37.1 Å². The average molecular weight is 694 g/mol. The van der Waals surface area contributed by atoms with E-state index in [-0.39, 0.29) is 29.7 Å². The molecule has 1 N–H and O–H groups in total. The molecule has 50 heavy (non-hydrogen) atoms. The van der Waals surface area contributed by atoms with Crippen LogP contribution in [0, 0.1) is 5.92 Å². The predicted molar refractivity (Wildman–Crippen MR) is 190 cm³/mol. The van der Waals surface area contributed by atoms with Gasteiger partial charge in [0.15, 0.2) is 11.4 Å². The number of anilines is 2. The van der Waals surface area contributed by atoms with Crippen LogP contribution in [0.2, 0.25) is 18.6 Å². The van der Waals surface area contributed by atoms with E-state index in [0.717, 1.165) is 5.56 Å². The molecule has 1 fully saturated rings. The minimum absolute atomic E-state index is 0.124. The molecule has 3 aromatic carbocycles.